The molecule has 0 aliphatic carbocycles. The fourth-order valence-electron chi connectivity index (χ4n) is 2.31. The molecule has 0 saturated carbocycles. The number of rotatable bonds is 9. The first-order valence-corrected chi connectivity index (χ1v) is 9.15. The van der Waals surface area contributed by atoms with Gasteiger partial charge in [0.2, 0.25) is 11.8 Å². The van der Waals surface area contributed by atoms with Crippen LogP contribution in [0.15, 0.2) is 54.6 Å². The Hall–Kier alpha value is -3.95. The third-order valence-corrected chi connectivity index (χ3v) is 3.97. The highest BCUT2D eigenvalue weighted by atomic mass is 16.6. The van der Waals surface area contributed by atoms with Crippen molar-refractivity contribution in [2.45, 2.75) is 32.4 Å². The van der Waals surface area contributed by atoms with Gasteiger partial charge in [-0.2, -0.15) is 0 Å². The number of non-ortho nitro benzene ring substituents is 1. The zero-order valence-electron chi connectivity index (χ0n) is 16.3. The fourth-order valence-corrected chi connectivity index (χ4v) is 2.31. The van der Waals surface area contributed by atoms with Crippen molar-refractivity contribution in [3.8, 4) is 5.75 Å². The Bertz CT molecular complexity index is 886. The molecule has 0 aromatic heterocycles. The Morgan fingerprint density at radius 1 is 0.967 bits per heavy atom. The maximum Gasteiger partial charge on any atom is 0.279 e. The maximum absolute atomic E-state index is 12.0. The Morgan fingerprint density at radius 2 is 1.60 bits per heavy atom. The quantitative estimate of drug-likeness (QED) is 0.421. The van der Waals surface area contributed by atoms with Crippen molar-refractivity contribution in [2.24, 2.45) is 0 Å². The summed E-state index contributed by atoms with van der Waals surface area (Å²) in [5.74, 6) is -1.16. The lowest BCUT2D eigenvalue weighted by atomic mass is 10.2. The molecule has 0 aliphatic rings. The summed E-state index contributed by atoms with van der Waals surface area (Å²) in [5, 5.41) is 13.3. The normalized spacial score (nSPS) is 11.1. The number of carbonyl (C=O) groups excluding carboxylic acids is 3. The topological polar surface area (TPSA) is 140 Å². The number of nitro groups is 1. The summed E-state index contributed by atoms with van der Waals surface area (Å²) in [5.41, 5.74) is 5.28. The van der Waals surface area contributed by atoms with Gasteiger partial charge in [0.05, 0.1) is 4.92 Å². The predicted molar refractivity (Wildman–Crippen MR) is 107 cm³/mol. The van der Waals surface area contributed by atoms with Crippen LogP contribution in [0.4, 0.5) is 5.69 Å². The monoisotopic (exact) mass is 414 g/mol. The van der Waals surface area contributed by atoms with Crippen molar-refractivity contribution < 1.29 is 24.0 Å². The van der Waals surface area contributed by atoms with Gasteiger partial charge in [0.15, 0.2) is 6.10 Å². The van der Waals surface area contributed by atoms with E-state index >= 15 is 0 Å². The van der Waals surface area contributed by atoms with E-state index in [-0.39, 0.29) is 30.2 Å². The summed E-state index contributed by atoms with van der Waals surface area (Å²) in [6, 6.07) is 14.6. The van der Waals surface area contributed by atoms with Gasteiger partial charge < -0.3 is 10.1 Å². The molecule has 2 aromatic rings. The maximum atomic E-state index is 12.0. The summed E-state index contributed by atoms with van der Waals surface area (Å²) in [7, 11) is 0. The molecule has 0 heterocycles. The SMILES string of the molecule is CC(Oc1ccc([N+](=O)[O-])cc1)C(=O)NNC(=O)CCC(=O)NCc1ccccc1. The van der Waals surface area contributed by atoms with Crippen molar-refractivity contribution in [3.05, 3.63) is 70.3 Å². The second-order valence-corrected chi connectivity index (χ2v) is 6.31. The third kappa shape index (κ3) is 7.58. The zero-order valence-corrected chi connectivity index (χ0v) is 16.3. The molecule has 0 bridgehead atoms. The Balaban J connectivity index is 1.66. The first-order valence-electron chi connectivity index (χ1n) is 9.15. The van der Waals surface area contributed by atoms with Crippen LogP contribution in [0, 0.1) is 10.1 Å². The van der Waals surface area contributed by atoms with Crippen molar-refractivity contribution in [3.63, 3.8) is 0 Å². The number of carbonyl (C=O) groups is 3. The van der Waals surface area contributed by atoms with Crippen molar-refractivity contribution >= 4 is 23.4 Å². The van der Waals surface area contributed by atoms with Crippen LogP contribution < -0.4 is 20.9 Å². The summed E-state index contributed by atoms with van der Waals surface area (Å²) in [6.07, 6.45) is -1.08. The minimum atomic E-state index is -0.957. The molecule has 10 nitrogen and oxygen atoms in total. The standard InChI is InChI=1S/C20H22N4O6/c1-14(30-17-9-7-16(8-10-17)24(28)29)20(27)23-22-19(26)12-11-18(25)21-13-15-5-3-2-4-6-15/h2-10,14H,11-13H2,1H3,(H,21,25)(H,22,26)(H,23,27). The second kappa shape index (κ2) is 11.1. The van der Waals surface area contributed by atoms with E-state index < -0.39 is 22.8 Å². The van der Waals surface area contributed by atoms with E-state index in [1.807, 2.05) is 30.3 Å². The number of amides is 3. The van der Waals surface area contributed by atoms with Gasteiger partial charge in [0, 0.05) is 31.5 Å². The molecule has 10 heteroatoms. The lowest BCUT2D eigenvalue weighted by Gasteiger charge is -2.15. The van der Waals surface area contributed by atoms with E-state index in [2.05, 4.69) is 16.2 Å². The number of nitrogens with zero attached hydrogens (tertiary/aromatic N) is 1. The molecule has 0 radical (unpaired) electrons. The average Bonchev–Trinajstić information content (AvgIpc) is 2.75. The molecule has 0 aliphatic heterocycles. The number of benzene rings is 2. The van der Waals surface area contributed by atoms with Gasteiger partial charge in [0.1, 0.15) is 5.75 Å². The highest BCUT2D eigenvalue weighted by Crippen LogP contribution is 2.18. The highest BCUT2D eigenvalue weighted by molar-refractivity contribution is 5.86. The highest BCUT2D eigenvalue weighted by Gasteiger charge is 2.16. The van der Waals surface area contributed by atoms with Gasteiger partial charge in [-0.15, -0.1) is 0 Å². The van der Waals surface area contributed by atoms with E-state index in [0.29, 0.717) is 6.54 Å². The summed E-state index contributed by atoms with van der Waals surface area (Å²) >= 11 is 0. The lowest BCUT2D eigenvalue weighted by Crippen LogP contribution is -2.47. The van der Waals surface area contributed by atoms with Crippen molar-refractivity contribution in [1.82, 2.24) is 16.2 Å². The third-order valence-electron chi connectivity index (χ3n) is 3.97. The number of nitrogens with one attached hydrogen (secondary N) is 3. The molecule has 1 atom stereocenters. The van der Waals surface area contributed by atoms with E-state index in [4.69, 9.17) is 4.74 Å². The van der Waals surface area contributed by atoms with E-state index in [1.165, 1.54) is 31.2 Å². The van der Waals surface area contributed by atoms with Crippen LogP contribution in [0.5, 0.6) is 5.75 Å². The first-order chi connectivity index (χ1) is 14.3. The fraction of sp³-hybridized carbons (Fsp3) is 0.250. The minimum Gasteiger partial charge on any atom is -0.481 e. The molecule has 3 N–H and O–H groups in total. The molecular formula is C20H22N4O6. The molecule has 30 heavy (non-hydrogen) atoms. The van der Waals surface area contributed by atoms with Crippen LogP contribution in [0.1, 0.15) is 25.3 Å². The van der Waals surface area contributed by atoms with Crippen LogP contribution in [-0.2, 0) is 20.9 Å². The van der Waals surface area contributed by atoms with Gasteiger partial charge in [-0.25, -0.2) is 0 Å². The largest absolute Gasteiger partial charge is 0.481 e. The molecule has 0 saturated heterocycles. The molecule has 158 valence electrons. The van der Waals surface area contributed by atoms with Crippen LogP contribution in [-0.4, -0.2) is 28.7 Å². The number of hydrogen-bond donors (Lipinski definition) is 3. The van der Waals surface area contributed by atoms with Gasteiger partial charge in [-0.3, -0.25) is 35.3 Å². The molecule has 0 fully saturated rings. The van der Waals surface area contributed by atoms with Crippen molar-refractivity contribution in [1.29, 1.82) is 0 Å². The molecule has 2 aromatic carbocycles. The van der Waals surface area contributed by atoms with Crippen LogP contribution in [0.25, 0.3) is 0 Å². The Kier molecular flexibility index (Phi) is 8.30. The van der Waals surface area contributed by atoms with Gasteiger partial charge >= 0.3 is 0 Å². The number of hydrazine groups is 1. The van der Waals surface area contributed by atoms with Crippen LogP contribution in [0.3, 0.4) is 0 Å². The molecule has 0 spiro atoms. The zero-order chi connectivity index (χ0) is 21.9. The molecule has 3 amide bonds. The van der Waals surface area contributed by atoms with Crippen LogP contribution >= 0.6 is 0 Å². The summed E-state index contributed by atoms with van der Waals surface area (Å²) < 4.78 is 5.37. The number of nitro benzene ring substituents is 1. The average molecular weight is 414 g/mol. The number of ether oxygens (including phenoxy) is 1. The van der Waals surface area contributed by atoms with E-state index in [0.717, 1.165) is 5.56 Å². The molecule has 2 rings (SSSR count). The van der Waals surface area contributed by atoms with Crippen molar-refractivity contribution in [2.75, 3.05) is 0 Å². The second-order valence-electron chi connectivity index (χ2n) is 6.31. The predicted octanol–water partition coefficient (Wildman–Crippen LogP) is 1.61. The molecule has 1 unspecified atom stereocenters. The van der Waals surface area contributed by atoms with Crippen LogP contribution in [0.2, 0.25) is 0 Å². The van der Waals surface area contributed by atoms with Gasteiger partial charge in [-0.1, -0.05) is 30.3 Å². The Labute approximate surface area is 172 Å². The van der Waals surface area contributed by atoms with Gasteiger partial charge in [0.25, 0.3) is 11.6 Å². The Morgan fingerprint density at radius 3 is 2.23 bits per heavy atom. The number of hydrogen-bond acceptors (Lipinski definition) is 6. The lowest BCUT2D eigenvalue weighted by molar-refractivity contribution is -0.384. The molecular weight excluding hydrogens is 392 g/mol. The smallest absolute Gasteiger partial charge is 0.279 e. The summed E-state index contributed by atoms with van der Waals surface area (Å²) in [6.45, 7) is 1.83. The minimum absolute atomic E-state index is 0.0244. The summed E-state index contributed by atoms with van der Waals surface area (Å²) in [4.78, 5) is 45.7. The van der Waals surface area contributed by atoms with Gasteiger partial charge in [-0.05, 0) is 24.6 Å². The van der Waals surface area contributed by atoms with E-state index in [1.54, 1.807) is 0 Å². The van der Waals surface area contributed by atoms with E-state index in [9.17, 15) is 24.5 Å². The first kappa shape index (κ1) is 22.3.